The molecule has 3 aliphatic rings. The normalized spacial score (nSPS) is 36.7. The van der Waals surface area contributed by atoms with E-state index in [0.29, 0.717) is 12.8 Å². The molecule has 1 heterocycles. The fourth-order valence-corrected chi connectivity index (χ4v) is 4.57. The fourth-order valence-electron chi connectivity index (χ4n) is 4.57. The minimum absolute atomic E-state index is 0.227. The van der Waals surface area contributed by atoms with E-state index in [1.54, 1.807) is 0 Å². The van der Waals surface area contributed by atoms with E-state index in [0.717, 1.165) is 18.4 Å². The Hall–Kier alpha value is -1.84. The maximum absolute atomic E-state index is 13.0. The molecule has 4 rings (SSSR count). The van der Waals surface area contributed by atoms with Crippen molar-refractivity contribution in [3.8, 4) is 0 Å². The Labute approximate surface area is 136 Å². The highest BCUT2D eigenvalue weighted by Gasteiger charge is 2.76. The molecule has 0 N–H and O–H groups in total. The van der Waals surface area contributed by atoms with Crippen LogP contribution >= 0.6 is 0 Å². The van der Waals surface area contributed by atoms with Gasteiger partial charge in [-0.25, -0.2) is 4.79 Å². The number of esters is 2. The zero-order valence-electron chi connectivity index (χ0n) is 13.8. The van der Waals surface area contributed by atoms with E-state index in [2.05, 4.69) is 6.07 Å². The molecule has 4 heteroatoms. The number of carbonyl (C=O) groups is 2. The van der Waals surface area contributed by atoms with Crippen LogP contribution in [0.15, 0.2) is 24.3 Å². The number of hydrogen-bond acceptors (Lipinski definition) is 4. The summed E-state index contributed by atoms with van der Waals surface area (Å²) in [4.78, 5) is 25.3. The second-order valence-electron chi connectivity index (χ2n) is 7.81. The van der Waals surface area contributed by atoms with Crippen molar-refractivity contribution in [1.82, 2.24) is 0 Å². The van der Waals surface area contributed by atoms with Crippen molar-refractivity contribution in [2.45, 2.75) is 58.2 Å². The summed E-state index contributed by atoms with van der Waals surface area (Å²) in [5, 5.41) is 0. The van der Waals surface area contributed by atoms with E-state index < -0.39 is 16.4 Å². The molecule has 1 saturated carbocycles. The first-order valence-electron chi connectivity index (χ1n) is 8.34. The molecular formula is C19H22O4. The summed E-state index contributed by atoms with van der Waals surface area (Å²) in [6.45, 7) is 5.81. The van der Waals surface area contributed by atoms with Crippen molar-refractivity contribution >= 4 is 11.9 Å². The Morgan fingerprint density at radius 1 is 1.22 bits per heavy atom. The summed E-state index contributed by atoms with van der Waals surface area (Å²) in [5.41, 5.74) is 0.0456. The van der Waals surface area contributed by atoms with Crippen molar-refractivity contribution in [1.29, 1.82) is 0 Å². The Kier molecular flexibility index (Phi) is 2.80. The molecule has 2 aliphatic carbocycles. The highest BCUT2D eigenvalue weighted by Crippen LogP contribution is 2.66. The third kappa shape index (κ3) is 1.62. The number of benzene rings is 1. The lowest BCUT2D eigenvalue weighted by atomic mass is 9.66. The third-order valence-electron chi connectivity index (χ3n) is 6.74. The molecule has 3 unspecified atom stereocenters. The lowest BCUT2D eigenvalue weighted by molar-refractivity contribution is -0.187. The van der Waals surface area contributed by atoms with E-state index >= 15 is 0 Å². The molecule has 0 radical (unpaired) electrons. The Morgan fingerprint density at radius 3 is 2.61 bits per heavy atom. The molecule has 1 aromatic rings. The standard InChI is InChI=1S/C19H22O4/c1-17(2)18(3)10-11-19(17,23-15(18)20)16(21)22-14-9-8-12-6-4-5-7-13(12)14/h4-7,14H,8-11H2,1-3H3. The van der Waals surface area contributed by atoms with Crippen LogP contribution in [0.4, 0.5) is 0 Å². The summed E-state index contributed by atoms with van der Waals surface area (Å²) in [7, 11) is 0. The maximum Gasteiger partial charge on any atom is 0.351 e. The van der Waals surface area contributed by atoms with Crippen LogP contribution in [-0.2, 0) is 25.5 Å². The molecule has 3 atom stereocenters. The van der Waals surface area contributed by atoms with Gasteiger partial charge < -0.3 is 9.47 Å². The molecule has 1 aliphatic heterocycles. The number of aryl methyl sites for hydroxylation is 1. The minimum Gasteiger partial charge on any atom is -0.454 e. The molecule has 0 spiro atoms. The SMILES string of the molecule is CC12CCC(C(=O)OC3CCc4ccccc43)(OC1=O)C2(C)C. The molecular weight excluding hydrogens is 292 g/mol. The predicted molar refractivity (Wildman–Crippen MR) is 83.5 cm³/mol. The number of rotatable bonds is 2. The van der Waals surface area contributed by atoms with E-state index in [9.17, 15) is 9.59 Å². The van der Waals surface area contributed by atoms with Crippen LogP contribution in [0.1, 0.15) is 57.3 Å². The summed E-state index contributed by atoms with van der Waals surface area (Å²) in [6.07, 6.45) is 2.72. The predicted octanol–water partition coefficient (Wildman–Crippen LogP) is 3.34. The van der Waals surface area contributed by atoms with Gasteiger partial charge in [0.05, 0.1) is 5.41 Å². The van der Waals surface area contributed by atoms with Crippen molar-refractivity contribution in [2.24, 2.45) is 10.8 Å². The first kappa shape index (κ1) is 14.7. The van der Waals surface area contributed by atoms with Crippen LogP contribution in [0.25, 0.3) is 0 Å². The average Bonchev–Trinajstić information content (AvgIpc) is 3.05. The van der Waals surface area contributed by atoms with Gasteiger partial charge in [-0.05, 0) is 43.7 Å². The average molecular weight is 314 g/mol. The minimum atomic E-state index is -1.13. The molecule has 2 fully saturated rings. The molecule has 122 valence electrons. The number of hydrogen-bond donors (Lipinski definition) is 0. The van der Waals surface area contributed by atoms with Crippen LogP contribution in [-0.4, -0.2) is 17.5 Å². The van der Waals surface area contributed by atoms with Gasteiger partial charge in [-0.3, -0.25) is 4.79 Å². The van der Waals surface area contributed by atoms with E-state index in [1.807, 2.05) is 39.0 Å². The largest absolute Gasteiger partial charge is 0.454 e. The Morgan fingerprint density at radius 2 is 1.96 bits per heavy atom. The smallest absolute Gasteiger partial charge is 0.351 e. The zero-order valence-corrected chi connectivity index (χ0v) is 13.8. The third-order valence-corrected chi connectivity index (χ3v) is 6.74. The molecule has 4 nitrogen and oxygen atoms in total. The Balaban J connectivity index is 1.63. The fraction of sp³-hybridized carbons (Fsp3) is 0.579. The molecule has 0 aromatic heterocycles. The highest BCUT2D eigenvalue weighted by atomic mass is 16.6. The van der Waals surface area contributed by atoms with Crippen LogP contribution in [0.5, 0.6) is 0 Å². The summed E-state index contributed by atoms with van der Waals surface area (Å²) in [6, 6.07) is 8.07. The van der Waals surface area contributed by atoms with Crippen molar-refractivity contribution < 1.29 is 19.1 Å². The lowest BCUT2D eigenvalue weighted by Gasteiger charge is -2.35. The molecule has 1 saturated heterocycles. The van der Waals surface area contributed by atoms with Gasteiger partial charge in [0.2, 0.25) is 5.60 Å². The van der Waals surface area contributed by atoms with Gasteiger partial charge in [-0.15, -0.1) is 0 Å². The summed E-state index contributed by atoms with van der Waals surface area (Å²) in [5.74, 6) is -0.642. The molecule has 2 bridgehead atoms. The van der Waals surface area contributed by atoms with Crippen molar-refractivity contribution in [3.63, 3.8) is 0 Å². The van der Waals surface area contributed by atoms with Crippen LogP contribution in [0.3, 0.4) is 0 Å². The topological polar surface area (TPSA) is 52.6 Å². The van der Waals surface area contributed by atoms with Crippen molar-refractivity contribution in [2.75, 3.05) is 0 Å². The first-order valence-corrected chi connectivity index (χ1v) is 8.34. The number of carbonyl (C=O) groups excluding carboxylic acids is 2. The molecule has 0 amide bonds. The van der Waals surface area contributed by atoms with Crippen molar-refractivity contribution in [3.05, 3.63) is 35.4 Å². The molecule has 23 heavy (non-hydrogen) atoms. The molecule has 1 aromatic carbocycles. The second-order valence-corrected chi connectivity index (χ2v) is 7.81. The van der Waals surface area contributed by atoms with Crippen LogP contribution in [0, 0.1) is 10.8 Å². The van der Waals surface area contributed by atoms with Gasteiger partial charge in [-0.2, -0.15) is 0 Å². The summed E-state index contributed by atoms with van der Waals surface area (Å²) >= 11 is 0. The van der Waals surface area contributed by atoms with E-state index in [-0.39, 0.29) is 18.0 Å². The second kappa shape index (κ2) is 4.37. The number of ether oxygens (including phenoxy) is 2. The highest BCUT2D eigenvalue weighted by molar-refractivity contribution is 5.93. The van der Waals surface area contributed by atoms with E-state index in [1.165, 1.54) is 5.56 Å². The van der Waals surface area contributed by atoms with Gasteiger partial charge in [-0.1, -0.05) is 38.1 Å². The lowest BCUT2D eigenvalue weighted by Crippen LogP contribution is -2.49. The maximum atomic E-state index is 13.0. The van der Waals surface area contributed by atoms with Gasteiger partial charge >= 0.3 is 11.9 Å². The monoisotopic (exact) mass is 314 g/mol. The van der Waals surface area contributed by atoms with Crippen LogP contribution in [0.2, 0.25) is 0 Å². The quantitative estimate of drug-likeness (QED) is 0.786. The first-order chi connectivity index (χ1) is 10.8. The van der Waals surface area contributed by atoms with Gasteiger partial charge in [0.1, 0.15) is 6.10 Å². The summed E-state index contributed by atoms with van der Waals surface area (Å²) < 4.78 is 11.5. The zero-order chi connectivity index (χ0) is 16.5. The number of fused-ring (bicyclic) bond motifs is 3. The Bertz CT molecular complexity index is 707. The van der Waals surface area contributed by atoms with Gasteiger partial charge in [0.15, 0.2) is 0 Å². The van der Waals surface area contributed by atoms with Crippen LogP contribution < -0.4 is 0 Å². The van der Waals surface area contributed by atoms with E-state index in [4.69, 9.17) is 9.47 Å². The van der Waals surface area contributed by atoms with Gasteiger partial charge in [0, 0.05) is 5.41 Å². The van der Waals surface area contributed by atoms with Gasteiger partial charge in [0.25, 0.3) is 0 Å².